The maximum Gasteiger partial charge on any atom is 0.249 e. The first-order chi connectivity index (χ1) is 10.0. The molecule has 1 aromatic heterocycles. The minimum atomic E-state index is -2.94. The lowest BCUT2D eigenvalue weighted by Gasteiger charge is -2.24. The molecule has 7 heteroatoms. The number of para-hydroxylation sites is 1. The van der Waals surface area contributed by atoms with Crippen LogP contribution in [0.5, 0.6) is 0 Å². The number of hydrogen-bond donors (Lipinski definition) is 1. The van der Waals surface area contributed by atoms with E-state index < -0.39 is 9.84 Å². The van der Waals surface area contributed by atoms with Gasteiger partial charge in [-0.05, 0) is 25.0 Å². The summed E-state index contributed by atoms with van der Waals surface area (Å²) in [4.78, 5) is 0. The quantitative estimate of drug-likeness (QED) is 0.934. The Balaban J connectivity index is 1.86. The summed E-state index contributed by atoms with van der Waals surface area (Å²) in [5, 5.41) is 11.2. The number of sulfone groups is 1. The molecule has 21 heavy (non-hydrogen) atoms. The van der Waals surface area contributed by atoms with Gasteiger partial charge in [0.05, 0.1) is 17.1 Å². The molecule has 3 rings (SSSR count). The predicted molar refractivity (Wildman–Crippen MR) is 79.8 cm³/mol. The lowest BCUT2D eigenvalue weighted by molar-refractivity contribution is 0.532. The van der Waals surface area contributed by atoms with E-state index in [1.165, 1.54) is 0 Å². The van der Waals surface area contributed by atoms with Gasteiger partial charge in [-0.25, -0.2) is 8.42 Å². The molecule has 1 unspecified atom stereocenters. The van der Waals surface area contributed by atoms with Crippen molar-refractivity contribution in [3.05, 3.63) is 30.2 Å². The van der Waals surface area contributed by atoms with Crippen molar-refractivity contribution in [3.63, 3.8) is 0 Å². The number of rotatable bonds is 3. The molecule has 2 heterocycles. The fraction of sp³-hybridized carbons (Fsp3) is 0.429. The zero-order chi connectivity index (χ0) is 14.9. The highest BCUT2D eigenvalue weighted by atomic mass is 32.2. The highest BCUT2D eigenvalue weighted by molar-refractivity contribution is 7.91. The van der Waals surface area contributed by atoms with Crippen LogP contribution in [0.15, 0.2) is 28.7 Å². The molecular formula is C14H17N3O3S. The third kappa shape index (κ3) is 3.24. The zero-order valence-electron chi connectivity index (χ0n) is 11.7. The molecule has 1 atom stereocenters. The third-order valence-corrected chi connectivity index (χ3v) is 5.33. The second-order valence-corrected chi connectivity index (χ2v) is 7.50. The molecule has 1 fully saturated rings. The van der Waals surface area contributed by atoms with Gasteiger partial charge in [0, 0.05) is 18.7 Å². The number of nitrogens with zero attached hydrogens (tertiary/aromatic N) is 2. The normalized spacial score (nSPS) is 21.1. The lowest BCUT2D eigenvalue weighted by atomic mass is 10.1. The summed E-state index contributed by atoms with van der Waals surface area (Å²) in [6.45, 7) is 1.74. The van der Waals surface area contributed by atoms with Crippen LogP contribution in [-0.4, -0.2) is 36.2 Å². The molecule has 0 saturated carbocycles. The van der Waals surface area contributed by atoms with Gasteiger partial charge < -0.3 is 9.73 Å². The molecule has 0 bridgehead atoms. The Kier molecular flexibility index (Phi) is 3.67. The molecule has 0 radical (unpaired) electrons. The van der Waals surface area contributed by atoms with E-state index in [2.05, 4.69) is 15.5 Å². The van der Waals surface area contributed by atoms with E-state index >= 15 is 0 Å². The maximum atomic E-state index is 11.7. The standard InChI is InChI=1S/C14H17N3O3S/c1-10-16-17-14(20-10)12-6-2-3-7-13(12)15-11-5-4-8-21(18,19)9-11/h2-3,6-7,11,15H,4-5,8-9H2,1H3. The van der Waals surface area contributed by atoms with Crippen molar-refractivity contribution >= 4 is 15.5 Å². The molecule has 1 N–H and O–H groups in total. The highest BCUT2D eigenvalue weighted by Crippen LogP contribution is 2.28. The van der Waals surface area contributed by atoms with Gasteiger partial charge in [0.15, 0.2) is 9.84 Å². The SMILES string of the molecule is Cc1nnc(-c2ccccc2NC2CCCS(=O)(=O)C2)o1. The Morgan fingerprint density at radius 3 is 2.81 bits per heavy atom. The molecule has 1 saturated heterocycles. The number of aryl methyl sites for hydroxylation is 1. The van der Waals surface area contributed by atoms with Gasteiger partial charge in [-0.1, -0.05) is 12.1 Å². The van der Waals surface area contributed by atoms with Gasteiger partial charge in [-0.2, -0.15) is 0 Å². The van der Waals surface area contributed by atoms with E-state index in [9.17, 15) is 8.42 Å². The van der Waals surface area contributed by atoms with E-state index in [0.29, 0.717) is 18.2 Å². The Hall–Kier alpha value is -1.89. The average Bonchev–Trinajstić information content (AvgIpc) is 2.85. The van der Waals surface area contributed by atoms with Crippen LogP contribution in [0.25, 0.3) is 11.5 Å². The van der Waals surface area contributed by atoms with Crippen molar-refractivity contribution in [2.45, 2.75) is 25.8 Å². The Labute approximate surface area is 123 Å². The van der Waals surface area contributed by atoms with E-state index in [0.717, 1.165) is 17.7 Å². The Bertz CT molecular complexity index is 739. The summed E-state index contributed by atoms with van der Waals surface area (Å²) in [6.07, 6.45) is 1.54. The van der Waals surface area contributed by atoms with Crippen molar-refractivity contribution < 1.29 is 12.8 Å². The monoisotopic (exact) mass is 307 g/mol. The average molecular weight is 307 g/mol. The van der Waals surface area contributed by atoms with Crippen LogP contribution < -0.4 is 5.32 Å². The Morgan fingerprint density at radius 1 is 1.29 bits per heavy atom. The van der Waals surface area contributed by atoms with E-state index in [1.807, 2.05) is 24.3 Å². The minimum Gasteiger partial charge on any atom is -0.421 e. The minimum absolute atomic E-state index is 0.0751. The highest BCUT2D eigenvalue weighted by Gasteiger charge is 2.25. The van der Waals surface area contributed by atoms with Crippen molar-refractivity contribution in [2.75, 3.05) is 16.8 Å². The van der Waals surface area contributed by atoms with E-state index in [1.54, 1.807) is 6.92 Å². The van der Waals surface area contributed by atoms with Gasteiger partial charge in [0.25, 0.3) is 0 Å². The number of hydrogen-bond acceptors (Lipinski definition) is 6. The summed E-state index contributed by atoms with van der Waals surface area (Å²) in [5.41, 5.74) is 1.62. The molecule has 6 nitrogen and oxygen atoms in total. The van der Waals surface area contributed by atoms with Gasteiger partial charge in [0.1, 0.15) is 0 Å². The van der Waals surface area contributed by atoms with Gasteiger partial charge in [-0.15, -0.1) is 10.2 Å². The van der Waals surface area contributed by atoms with Crippen LogP contribution in [0.1, 0.15) is 18.7 Å². The van der Waals surface area contributed by atoms with Crippen LogP contribution in [0.2, 0.25) is 0 Å². The molecule has 0 aliphatic carbocycles. The second kappa shape index (κ2) is 5.48. The summed E-state index contributed by atoms with van der Waals surface area (Å²) < 4.78 is 28.9. The van der Waals surface area contributed by atoms with E-state index in [-0.39, 0.29) is 17.5 Å². The van der Waals surface area contributed by atoms with Crippen LogP contribution in [-0.2, 0) is 9.84 Å². The fourth-order valence-electron chi connectivity index (χ4n) is 2.56. The third-order valence-electron chi connectivity index (χ3n) is 3.51. The molecule has 1 aliphatic heterocycles. The topological polar surface area (TPSA) is 85.1 Å². The summed E-state index contributed by atoms with van der Waals surface area (Å²) >= 11 is 0. The number of benzene rings is 1. The number of aromatic nitrogens is 2. The molecule has 1 aromatic carbocycles. The van der Waals surface area contributed by atoms with Gasteiger partial charge >= 0.3 is 0 Å². The fourth-order valence-corrected chi connectivity index (χ4v) is 4.19. The smallest absolute Gasteiger partial charge is 0.249 e. The Morgan fingerprint density at radius 2 is 2.10 bits per heavy atom. The van der Waals surface area contributed by atoms with Crippen LogP contribution >= 0.6 is 0 Å². The van der Waals surface area contributed by atoms with Gasteiger partial charge in [-0.3, -0.25) is 0 Å². The number of nitrogens with one attached hydrogen (secondary N) is 1. The van der Waals surface area contributed by atoms with Crippen molar-refractivity contribution in [1.82, 2.24) is 10.2 Å². The molecule has 112 valence electrons. The van der Waals surface area contributed by atoms with E-state index in [4.69, 9.17) is 4.42 Å². The summed E-state index contributed by atoms with van der Waals surface area (Å²) in [5.74, 6) is 1.40. The lowest BCUT2D eigenvalue weighted by Crippen LogP contribution is -2.34. The van der Waals surface area contributed by atoms with Crippen LogP contribution in [0, 0.1) is 6.92 Å². The molecule has 0 amide bonds. The summed E-state index contributed by atoms with van der Waals surface area (Å²) in [6, 6.07) is 7.49. The zero-order valence-corrected chi connectivity index (χ0v) is 12.6. The first kappa shape index (κ1) is 14.1. The molecule has 0 spiro atoms. The first-order valence-electron chi connectivity index (χ1n) is 6.90. The van der Waals surface area contributed by atoms with Crippen molar-refractivity contribution in [3.8, 4) is 11.5 Å². The first-order valence-corrected chi connectivity index (χ1v) is 8.72. The predicted octanol–water partition coefficient (Wildman–Crippen LogP) is 2.03. The molecule has 2 aromatic rings. The van der Waals surface area contributed by atoms with Crippen LogP contribution in [0.4, 0.5) is 5.69 Å². The maximum absolute atomic E-state index is 11.7. The van der Waals surface area contributed by atoms with Crippen molar-refractivity contribution in [2.24, 2.45) is 0 Å². The van der Waals surface area contributed by atoms with Crippen LogP contribution in [0.3, 0.4) is 0 Å². The molecular weight excluding hydrogens is 290 g/mol. The second-order valence-electron chi connectivity index (χ2n) is 5.27. The summed E-state index contributed by atoms with van der Waals surface area (Å²) in [7, 11) is -2.94. The number of anilines is 1. The van der Waals surface area contributed by atoms with Gasteiger partial charge in [0.2, 0.25) is 11.8 Å². The largest absolute Gasteiger partial charge is 0.421 e. The van der Waals surface area contributed by atoms with Crippen molar-refractivity contribution in [1.29, 1.82) is 0 Å². The molecule has 1 aliphatic rings.